The predicted molar refractivity (Wildman–Crippen MR) is 111 cm³/mol. The SMILES string of the molecule is NC[C@H]1C[C@H](Nc2nccc(N3CCCCCC3)n2)CN1C1CCCCC1. The molecule has 0 spiro atoms. The highest BCUT2D eigenvalue weighted by molar-refractivity contribution is 5.43. The van der Waals surface area contributed by atoms with E-state index in [9.17, 15) is 0 Å². The Kier molecular flexibility index (Phi) is 6.45. The smallest absolute Gasteiger partial charge is 0.224 e. The van der Waals surface area contributed by atoms with Crippen molar-refractivity contribution < 1.29 is 0 Å². The minimum Gasteiger partial charge on any atom is -0.356 e. The molecule has 1 aromatic rings. The summed E-state index contributed by atoms with van der Waals surface area (Å²) < 4.78 is 0. The van der Waals surface area contributed by atoms with Crippen LogP contribution in [0.1, 0.15) is 64.2 Å². The second kappa shape index (κ2) is 9.20. The van der Waals surface area contributed by atoms with Gasteiger partial charge < -0.3 is 16.0 Å². The van der Waals surface area contributed by atoms with E-state index in [1.165, 1.54) is 57.8 Å². The molecule has 0 unspecified atom stereocenters. The van der Waals surface area contributed by atoms with Crippen LogP contribution in [-0.2, 0) is 0 Å². The van der Waals surface area contributed by atoms with Gasteiger partial charge in [0.15, 0.2) is 0 Å². The molecule has 3 fully saturated rings. The Labute approximate surface area is 163 Å². The van der Waals surface area contributed by atoms with Gasteiger partial charge >= 0.3 is 0 Å². The number of aromatic nitrogens is 2. The van der Waals surface area contributed by atoms with Crippen molar-refractivity contribution in [3.8, 4) is 0 Å². The average molecular weight is 373 g/mol. The van der Waals surface area contributed by atoms with E-state index in [4.69, 9.17) is 10.7 Å². The molecule has 3 aliphatic rings. The maximum absolute atomic E-state index is 6.12. The molecule has 6 nitrogen and oxygen atoms in total. The second-order valence-corrected chi connectivity index (χ2v) is 8.59. The Balaban J connectivity index is 1.39. The standard InChI is InChI=1S/C21H36N6/c22-15-19-14-17(16-27(19)18-8-4-3-5-9-18)24-21-23-11-10-20(25-21)26-12-6-1-2-7-13-26/h10-11,17-19H,1-9,12-16,22H2,(H,23,24,25)/t17-,19+/m0/s1. The van der Waals surface area contributed by atoms with Crippen molar-refractivity contribution in [2.45, 2.75) is 82.3 Å². The van der Waals surface area contributed by atoms with Crippen molar-refractivity contribution in [3.63, 3.8) is 0 Å². The monoisotopic (exact) mass is 372 g/mol. The molecule has 2 saturated heterocycles. The van der Waals surface area contributed by atoms with Gasteiger partial charge in [0.25, 0.3) is 0 Å². The highest BCUT2D eigenvalue weighted by Crippen LogP contribution is 2.30. The van der Waals surface area contributed by atoms with Crippen LogP contribution in [0.2, 0.25) is 0 Å². The Morgan fingerprint density at radius 1 is 1.04 bits per heavy atom. The van der Waals surface area contributed by atoms with E-state index in [0.717, 1.165) is 50.4 Å². The van der Waals surface area contributed by atoms with Gasteiger partial charge in [-0.05, 0) is 38.2 Å². The highest BCUT2D eigenvalue weighted by Gasteiger charge is 2.36. The minimum atomic E-state index is 0.403. The molecule has 0 radical (unpaired) electrons. The fourth-order valence-electron chi connectivity index (χ4n) is 5.22. The summed E-state index contributed by atoms with van der Waals surface area (Å²) in [6.45, 7) is 4.06. The topological polar surface area (TPSA) is 70.3 Å². The lowest BCUT2D eigenvalue weighted by Gasteiger charge is -2.35. The molecule has 150 valence electrons. The lowest BCUT2D eigenvalue weighted by molar-refractivity contribution is 0.144. The van der Waals surface area contributed by atoms with Crippen molar-refractivity contribution in [3.05, 3.63) is 12.3 Å². The third-order valence-electron chi connectivity index (χ3n) is 6.68. The largest absolute Gasteiger partial charge is 0.356 e. The van der Waals surface area contributed by atoms with Crippen LogP contribution in [0.25, 0.3) is 0 Å². The zero-order chi connectivity index (χ0) is 18.5. The summed E-state index contributed by atoms with van der Waals surface area (Å²) in [7, 11) is 0. The summed E-state index contributed by atoms with van der Waals surface area (Å²) in [5.41, 5.74) is 6.12. The first kappa shape index (κ1) is 18.9. The van der Waals surface area contributed by atoms with E-state index in [1.807, 2.05) is 6.20 Å². The Morgan fingerprint density at radius 2 is 1.78 bits per heavy atom. The molecule has 6 heteroatoms. The van der Waals surface area contributed by atoms with Crippen molar-refractivity contribution in [1.29, 1.82) is 0 Å². The number of likely N-dealkylation sites (tertiary alicyclic amines) is 1. The van der Waals surface area contributed by atoms with Gasteiger partial charge in [-0.15, -0.1) is 0 Å². The van der Waals surface area contributed by atoms with Gasteiger partial charge in [0.1, 0.15) is 5.82 Å². The molecule has 2 aliphatic heterocycles. The summed E-state index contributed by atoms with van der Waals surface area (Å²) in [5.74, 6) is 1.86. The van der Waals surface area contributed by atoms with Crippen molar-refractivity contribution in [1.82, 2.24) is 14.9 Å². The molecule has 0 amide bonds. The first-order chi connectivity index (χ1) is 13.3. The van der Waals surface area contributed by atoms with Crippen LogP contribution in [0, 0.1) is 0 Å². The average Bonchev–Trinajstić information content (AvgIpc) is 2.93. The molecule has 4 rings (SSSR count). The van der Waals surface area contributed by atoms with Crippen LogP contribution in [0.15, 0.2) is 12.3 Å². The quantitative estimate of drug-likeness (QED) is 0.828. The van der Waals surface area contributed by atoms with E-state index < -0.39 is 0 Å². The summed E-state index contributed by atoms with van der Waals surface area (Å²) >= 11 is 0. The number of rotatable bonds is 5. The van der Waals surface area contributed by atoms with Crippen LogP contribution >= 0.6 is 0 Å². The maximum Gasteiger partial charge on any atom is 0.224 e. The van der Waals surface area contributed by atoms with Gasteiger partial charge in [0.05, 0.1) is 0 Å². The summed E-state index contributed by atoms with van der Waals surface area (Å²) in [6, 6.07) is 3.69. The van der Waals surface area contributed by atoms with E-state index >= 15 is 0 Å². The lowest BCUT2D eigenvalue weighted by Crippen LogP contribution is -2.44. The molecule has 0 aromatic carbocycles. The Morgan fingerprint density at radius 3 is 2.52 bits per heavy atom. The highest BCUT2D eigenvalue weighted by atomic mass is 15.3. The van der Waals surface area contributed by atoms with E-state index in [-0.39, 0.29) is 0 Å². The van der Waals surface area contributed by atoms with E-state index in [0.29, 0.717) is 12.1 Å². The second-order valence-electron chi connectivity index (χ2n) is 8.59. The Bertz CT molecular complexity index is 580. The number of nitrogens with zero attached hydrogens (tertiary/aromatic N) is 4. The molecule has 1 aromatic heterocycles. The van der Waals surface area contributed by atoms with Crippen LogP contribution in [-0.4, -0.2) is 59.2 Å². The van der Waals surface area contributed by atoms with Crippen LogP contribution in [0.3, 0.4) is 0 Å². The fourth-order valence-corrected chi connectivity index (χ4v) is 5.22. The molecule has 3 N–H and O–H groups in total. The molecule has 2 atom stereocenters. The van der Waals surface area contributed by atoms with Crippen LogP contribution < -0.4 is 16.0 Å². The molecule has 1 aliphatic carbocycles. The first-order valence-electron chi connectivity index (χ1n) is 11.1. The number of nitrogens with one attached hydrogen (secondary N) is 1. The van der Waals surface area contributed by atoms with E-state index in [1.54, 1.807) is 0 Å². The zero-order valence-corrected chi connectivity index (χ0v) is 16.7. The van der Waals surface area contributed by atoms with Crippen molar-refractivity contribution in [2.75, 3.05) is 36.4 Å². The number of anilines is 2. The van der Waals surface area contributed by atoms with Crippen LogP contribution in [0.5, 0.6) is 0 Å². The van der Waals surface area contributed by atoms with E-state index in [2.05, 4.69) is 26.2 Å². The van der Waals surface area contributed by atoms with Gasteiger partial charge in [-0.2, -0.15) is 4.98 Å². The van der Waals surface area contributed by atoms with Gasteiger partial charge in [-0.3, -0.25) is 4.90 Å². The minimum absolute atomic E-state index is 0.403. The third-order valence-corrected chi connectivity index (χ3v) is 6.68. The number of hydrogen-bond donors (Lipinski definition) is 2. The molecular weight excluding hydrogens is 336 g/mol. The van der Waals surface area contributed by atoms with Gasteiger partial charge in [0.2, 0.25) is 5.95 Å². The summed E-state index contributed by atoms with van der Waals surface area (Å²) in [6.07, 6.45) is 15.0. The molecular formula is C21H36N6. The molecule has 3 heterocycles. The third kappa shape index (κ3) is 4.72. The summed E-state index contributed by atoms with van der Waals surface area (Å²) in [5, 5.41) is 3.62. The molecule has 27 heavy (non-hydrogen) atoms. The maximum atomic E-state index is 6.12. The fraction of sp³-hybridized carbons (Fsp3) is 0.810. The first-order valence-corrected chi connectivity index (χ1v) is 11.1. The van der Waals surface area contributed by atoms with Crippen molar-refractivity contribution in [2.24, 2.45) is 5.73 Å². The van der Waals surface area contributed by atoms with Gasteiger partial charge in [-0.25, -0.2) is 4.98 Å². The molecule has 1 saturated carbocycles. The van der Waals surface area contributed by atoms with Gasteiger partial charge in [0, 0.05) is 50.5 Å². The molecule has 0 bridgehead atoms. The Hall–Kier alpha value is -1.40. The predicted octanol–water partition coefficient (Wildman–Crippen LogP) is 3.00. The van der Waals surface area contributed by atoms with Gasteiger partial charge in [-0.1, -0.05) is 32.1 Å². The lowest BCUT2D eigenvalue weighted by atomic mass is 9.94. The summed E-state index contributed by atoms with van der Waals surface area (Å²) in [4.78, 5) is 14.5. The normalized spacial score (nSPS) is 28.3. The van der Waals surface area contributed by atoms with Crippen molar-refractivity contribution >= 4 is 11.8 Å². The van der Waals surface area contributed by atoms with Crippen LogP contribution in [0.4, 0.5) is 11.8 Å². The number of hydrogen-bond acceptors (Lipinski definition) is 6. The zero-order valence-electron chi connectivity index (χ0n) is 16.7. The number of nitrogens with two attached hydrogens (primary N) is 1.